The summed E-state index contributed by atoms with van der Waals surface area (Å²) in [5, 5.41) is 0.452. The third-order valence-electron chi connectivity index (χ3n) is 3.74. The third-order valence-corrected chi connectivity index (χ3v) is 3.74. The van der Waals surface area contributed by atoms with Crippen LogP contribution in [0.3, 0.4) is 0 Å². The van der Waals surface area contributed by atoms with E-state index in [-0.39, 0.29) is 5.43 Å². The van der Waals surface area contributed by atoms with E-state index < -0.39 is 0 Å². The van der Waals surface area contributed by atoms with E-state index in [0.717, 1.165) is 5.56 Å². The van der Waals surface area contributed by atoms with Gasteiger partial charge in [0, 0.05) is 17.7 Å². The van der Waals surface area contributed by atoms with Crippen LogP contribution in [-0.2, 0) is 0 Å². The molecule has 122 valence electrons. The molecule has 5 heteroatoms. The molecule has 0 saturated heterocycles. The molecule has 2 heterocycles. The highest BCUT2D eigenvalue weighted by Crippen LogP contribution is 2.26. The van der Waals surface area contributed by atoms with Crippen molar-refractivity contribution < 1.29 is 9.15 Å². The Morgan fingerprint density at radius 3 is 2.56 bits per heavy atom. The number of aromatic nitrogens is 1. The molecule has 0 aliphatic carbocycles. The average Bonchev–Trinajstić information content (AvgIpc) is 2.65. The van der Waals surface area contributed by atoms with Crippen molar-refractivity contribution in [3.05, 3.63) is 83.2 Å². The zero-order valence-electron chi connectivity index (χ0n) is 13.2. The fourth-order valence-corrected chi connectivity index (χ4v) is 2.52. The van der Waals surface area contributed by atoms with Gasteiger partial charge in [0.15, 0.2) is 5.43 Å². The first-order valence-corrected chi connectivity index (χ1v) is 7.72. The highest BCUT2D eigenvalue weighted by atomic mass is 16.5. The maximum Gasteiger partial charge on any atom is 0.219 e. The minimum Gasteiger partial charge on any atom is -0.456 e. The van der Waals surface area contributed by atoms with Crippen molar-refractivity contribution in [3.8, 4) is 23.0 Å². The topological polar surface area (TPSA) is 78.4 Å². The lowest BCUT2D eigenvalue weighted by Crippen LogP contribution is -2.00. The number of nitrogen functional groups attached to an aromatic ring is 1. The maximum absolute atomic E-state index is 12.5. The van der Waals surface area contributed by atoms with E-state index >= 15 is 0 Å². The average molecular weight is 330 g/mol. The highest BCUT2D eigenvalue weighted by Gasteiger charge is 2.09. The molecule has 5 nitrogen and oxygen atoms in total. The molecule has 2 aromatic heterocycles. The summed E-state index contributed by atoms with van der Waals surface area (Å²) in [6.07, 6.45) is 1.51. The molecule has 0 amide bonds. The van der Waals surface area contributed by atoms with Gasteiger partial charge in [-0.1, -0.05) is 30.3 Å². The van der Waals surface area contributed by atoms with Crippen molar-refractivity contribution >= 4 is 16.7 Å². The molecule has 2 N–H and O–H groups in total. The molecule has 0 spiro atoms. The predicted molar refractivity (Wildman–Crippen MR) is 96.6 cm³/mol. The fourth-order valence-electron chi connectivity index (χ4n) is 2.52. The van der Waals surface area contributed by atoms with Gasteiger partial charge in [0.1, 0.15) is 17.1 Å². The molecule has 0 unspecified atom stereocenters. The van der Waals surface area contributed by atoms with Crippen LogP contribution in [0.1, 0.15) is 0 Å². The molecule has 25 heavy (non-hydrogen) atoms. The van der Waals surface area contributed by atoms with E-state index in [1.54, 1.807) is 30.3 Å². The van der Waals surface area contributed by atoms with Crippen molar-refractivity contribution in [2.75, 3.05) is 5.73 Å². The Labute approximate surface area is 143 Å². The Bertz CT molecular complexity index is 1090. The lowest BCUT2D eigenvalue weighted by Gasteiger charge is -2.07. The number of fused-ring (bicyclic) bond motifs is 1. The van der Waals surface area contributed by atoms with Gasteiger partial charge in [-0.2, -0.15) is 0 Å². The first-order valence-electron chi connectivity index (χ1n) is 7.72. The zero-order chi connectivity index (χ0) is 17.2. The summed E-state index contributed by atoms with van der Waals surface area (Å²) < 4.78 is 11.5. The Balaban J connectivity index is 1.73. The molecular formula is C20H14N2O3. The molecule has 0 aliphatic rings. The second kappa shape index (κ2) is 6.13. The molecule has 2 aromatic carbocycles. The molecule has 0 saturated carbocycles. The molecule has 0 radical (unpaired) electrons. The molecule has 0 aliphatic heterocycles. The second-order valence-electron chi connectivity index (χ2n) is 5.53. The van der Waals surface area contributed by atoms with Gasteiger partial charge in [-0.3, -0.25) is 4.79 Å². The SMILES string of the molecule is Nc1ccc(Oc2ccc3oc(-c4ccccc4)cc(=O)c3c2)nc1. The second-order valence-corrected chi connectivity index (χ2v) is 5.53. The first kappa shape index (κ1) is 15.0. The zero-order valence-corrected chi connectivity index (χ0v) is 13.2. The minimum atomic E-state index is -0.129. The van der Waals surface area contributed by atoms with Gasteiger partial charge < -0.3 is 14.9 Å². The maximum atomic E-state index is 12.5. The highest BCUT2D eigenvalue weighted by molar-refractivity contribution is 5.80. The van der Waals surface area contributed by atoms with E-state index in [0.29, 0.717) is 34.0 Å². The number of nitrogens with two attached hydrogens (primary N) is 1. The van der Waals surface area contributed by atoms with Crippen LogP contribution < -0.4 is 15.9 Å². The van der Waals surface area contributed by atoms with Crippen LogP contribution in [0.5, 0.6) is 11.6 Å². The van der Waals surface area contributed by atoms with Crippen molar-refractivity contribution in [3.63, 3.8) is 0 Å². The monoisotopic (exact) mass is 330 g/mol. The fraction of sp³-hybridized carbons (Fsp3) is 0. The lowest BCUT2D eigenvalue weighted by atomic mass is 10.1. The quantitative estimate of drug-likeness (QED) is 0.608. The van der Waals surface area contributed by atoms with Crippen molar-refractivity contribution in [2.24, 2.45) is 0 Å². The van der Waals surface area contributed by atoms with Crippen LogP contribution in [0.15, 0.2) is 82.1 Å². The summed E-state index contributed by atoms with van der Waals surface area (Å²) >= 11 is 0. The molecule has 0 fully saturated rings. The van der Waals surface area contributed by atoms with Crippen LogP contribution in [0.4, 0.5) is 5.69 Å². The number of hydrogen-bond donors (Lipinski definition) is 1. The van der Waals surface area contributed by atoms with Gasteiger partial charge in [-0.25, -0.2) is 4.98 Å². The predicted octanol–water partition coefficient (Wildman–Crippen LogP) is 4.23. The third kappa shape index (κ3) is 3.07. The smallest absolute Gasteiger partial charge is 0.219 e. The Morgan fingerprint density at radius 2 is 1.80 bits per heavy atom. The molecule has 0 bridgehead atoms. The van der Waals surface area contributed by atoms with Gasteiger partial charge in [0.2, 0.25) is 5.88 Å². The van der Waals surface area contributed by atoms with Crippen molar-refractivity contribution in [1.82, 2.24) is 4.98 Å². The summed E-state index contributed by atoms with van der Waals surface area (Å²) in [4.78, 5) is 16.6. The largest absolute Gasteiger partial charge is 0.456 e. The van der Waals surface area contributed by atoms with Crippen molar-refractivity contribution in [1.29, 1.82) is 0 Å². The van der Waals surface area contributed by atoms with E-state index in [9.17, 15) is 4.79 Å². The summed E-state index contributed by atoms with van der Waals surface area (Å²) in [5.41, 5.74) is 7.39. The van der Waals surface area contributed by atoms with E-state index in [2.05, 4.69) is 4.98 Å². The van der Waals surface area contributed by atoms with Crippen LogP contribution in [0, 0.1) is 0 Å². The molecule has 0 atom stereocenters. The Kier molecular flexibility index (Phi) is 3.67. The number of hydrogen-bond acceptors (Lipinski definition) is 5. The van der Waals surface area contributed by atoms with Crippen molar-refractivity contribution in [2.45, 2.75) is 0 Å². The number of nitrogens with zero attached hydrogens (tertiary/aromatic N) is 1. The van der Waals surface area contributed by atoms with E-state index in [1.165, 1.54) is 12.3 Å². The Morgan fingerprint density at radius 1 is 0.960 bits per heavy atom. The number of anilines is 1. The van der Waals surface area contributed by atoms with Crippen LogP contribution >= 0.6 is 0 Å². The van der Waals surface area contributed by atoms with E-state index in [1.807, 2.05) is 30.3 Å². The van der Waals surface area contributed by atoms with Gasteiger partial charge >= 0.3 is 0 Å². The summed E-state index contributed by atoms with van der Waals surface area (Å²) in [6.45, 7) is 0. The number of ether oxygens (including phenoxy) is 1. The molecule has 4 rings (SSSR count). The van der Waals surface area contributed by atoms with Gasteiger partial charge in [-0.15, -0.1) is 0 Å². The normalized spacial score (nSPS) is 10.7. The number of pyridine rings is 1. The van der Waals surface area contributed by atoms with Gasteiger partial charge in [0.05, 0.1) is 17.3 Å². The Hall–Kier alpha value is -3.60. The van der Waals surface area contributed by atoms with Crippen LogP contribution in [-0.4, -0.2) is 4.98 Å². The van der Waals surface area contributed by atoms with Crippen LogP contribution in [0.25, 0.3) is 22.3 Å². The van der Waals surface area contributed by atoms with Gasteiger partial charge in [-0.05, 0) is 24.3 Å². The minimum absolute atomic E-state index is 0.129. The molecular weight excluding hydrogens is 316 g/mol. The first-order chi connectivity index (χ1) is 12.2. The molecule has 4 aromatic rings. The lowest BCUT2D eigenvalue weighted by molar-refractivity contribution is 0.463. The number of benzene rings is 2. The van der Waals surface area contributed by atoms with E-state index in [4.69, 9.17) is 14.9 Å². The summed E-state index contributed by atoms with van der Waals surface area (Å²) in [6, 6.07) is 19.5. The summed E-state index contributed by atoms with van der Waals surface area (Å²) in [5.74, 6) is 1.44. The summed E-state index contributed by atoms with van der Waals surface area (Å²) in [7, 11) is 0. The number of rotatable bonds is 3. The van der Waals surface area contributed by atoms with Crippen LogP contribution in [0.2, 0.25) is 0 Å². The standard InChI is InChI=1S/C20H14N2O3/c21-14-6-9-20(22-12-14)24-15-7-8-18-16(10-15)17(23)11-19(25-18)13-4-2-1-3-5-13/h1-12H,21H2. The van der Waals surface area contributed by atoms with Gasteiger partial charge in [0.25, 0.3) is 0 Å².